The first-order chi connectivity index (χ1) is 12.1. The Morgan fingerprint density at radius 1 is 1.24 bits per heavy atom. The molecule has 0 fully saturated rings. The third kappa shape index (κ3) is 3.78. The van der Waals surface area contributed by atoms with E-state index in [9.17, 15) is 9.59 Å². The zero-order valence-electron chi connectivity index (χ0n) is 13.0. The van der Waals surface area contributed by atoms with E-state index in [4.69, 9.17) is 21.4 Å². The van der Waals surface area contributed by atoms with Crippen molar-refractivity contribution < 1.29 is 19.4 Å². The number of ether oxygens (including phenoxy) is 1. The number of amides is 2. The number of anilines is 1. The molecular formula is C17H14ClN3O4. The van der Waals surface area contributed by atoms with Crippen LogP contribution >= 0.6 is 11.6 Å². The molecule has 2 heterocycles. The molecule has 1 aliphatic heterocycles. The lowest BCUT2D eigenvalue weighted by molar-refractivity contribution is -0.137. The third-order valence-electron chi connectivity index (χ3n) is 3.41. The summed E-state index contributed by atoms with van der Waals surface area (Å²) in [5, 5.41) is 12.1. The Morgan fingerprint density at radius 3 is 2.76 bits per heavy atom. The molecule has 1 aromatic carbocycles. The van der Waals surface area contributed by atoms with Gasteiger partial charge >= 0.3 is 0 Å². The molecule has 0 aliphatic carbocycles. The maximum absolute atomic E-state index is 12.1. The number of carbonyl (C=O) groups excluding carboxylic acids is 2. The van der Waals surface area contributed by atoms with Crippen LogP contribution < -0.4 is 10.1 Å². The topological polar surface area (TPSA) is 91.8 Å². The van der Waals surface area contributed by atoms with Crippen molar-refractivity contribution >= 4 is 29.1 Å². The average Bonchev–Trinajstić information content (AvgIpc) is 2.86. The first-order valence-electron chi connectivity index (χ1n) is 7.41. The van der Waals surface area contributed by atoms with Crippen molar-refractivity contribution in [2.45, 2.75) is 0 Å². The molecule has 0 spiro atoms. The van der Waals surface area contributed by atoms with Crippen molar-refractivity contribution in [3.63, 3.8) is 0 Å². The first-order valence-corrected chi connectivity index (χ1v) is 7.79. The van der Waals surface area contributed by atoms with Crippen LogP contribution in [0.1, 0.15) is 0 Å². The molecule has 0 bridgehead atoms. The van der Waals surface area contributed by atoms with Crippen LogP contribution in [0.2, 0.25) is 5.02 Å². The van der Waals surface area contributed by atoms with Gasteiger partial charge in [-0.2, -0.15) is 0 Å². The molecule has 25 heavy (non-hydrogen) atoms. The number of carbonyl (C=O) groups is 2. The Hall–Kier alpha value is -2.90. The van der Waals surface area contributed by atoms with E-state index in [1.807, 2.05) is 0 Å². The van der Waals surface area contributed by atoms with Crippen molar-refractivity contribution in [2.75, 3.05) is 18.5 Å². The molecule has 0 saturated heterocycles. The molecule has 2 aromatic rings. The van der Waals surface area contributed by atoms with Crippen LogP contribution in [0.4, 0.5) is 5.69 Å². The SMILES string of the molecule is O=C1C=C(Nc2ccc(Oc3cccnc3)cc2Cl)C(=O)N1CCO. The van der Waals surface area contributed by atoms with Crippen LogP contribution in [0.3, 0.4) is 0 Å². The highest BCUT2D eigenvalue weighted by molar-refractivity contribution is 6.33. The first kappa shape index (κ1) is 16.9. The number of pyridine rings is 1. The summed E-state index contributed by atoms with van der Waals surface area (Å²) in [4.78, 5) is 28.8. The van der Waals surface area contributed by atoms with E-state index in [-0.39, 0.29) is 18.8 Å². The summed E-state index contributed by atoms with van der Waals surface area (Å²) >= 11 is 6.22. The summed E-state index contributed by atoms with van der Waals surface area (Å²) in [6.45, 7) is -0.343. The lowest BCUT2D eigenvalue weighted by Gasteiger charge is -2.14. The molecule has 0 atom stereocenters. The van der Waals surface area contributed by atoms with E-state index in [0.717, 1.165) is 4.90 Å². The summed E-state index contributed by atoms with van der Waals surface area (Å²) in [6.07, 6.45) is 4.39. The van der Waals surface area contributed by atoms with Gasteiger partial charge in [-0.05, 0) is 24.3 Å². The molecule has 0 saturated carbocycles. The van der Waals surface area contributed by atoms with Gasteiger partial charge in [0.05, 0.1) is 30.1 Å². The number of halogens is 1. The zero-order valence-corrected chi connectivity index (χ0v) is 13.7. The average molecular weight is 360 g/mol. The quantitative estimate of drug-likeness (QED) is 0.768. The maximum Gasteiger partial charge on any atom is 0.277 e. The van der Waals surface area contributed by atoms with Crippen LogP contribution in [0.5, 0.6) is 11.5 Å². The van der Waals surface area contributed by atoms with Crippen LogP contribution in [-0.4, -0.2) is 40.0 Å². The summed E-state index contributed by atoms with van der Waals surface area (Å²) < 4.78 is 5.62. The number of aliphatic hydroxyl groups is 1. The van der Waals surface area contributed by atoms with Gasteiger partial charge in [-0.25, -0.2) is 0 Å². The Morgan fingerprint density at radius 2 is 2.08 bits per heavy atom. The highest BCUT2D eigenvalue weighted by Crippen LogP contribution is 2.31. The molecule has 1 aliphatic rings. The summed E-state index contributed by atoms with van der Waals surface area (Å²) in [6, 6.07) is 8.41. The minimum absolute atomic E-state index is 0.0506. The van der Waals surface area contributed by atoms with Crippen molar-refractivity contribution in [2.24, 2.45) is 0 Å². The van der Waals surface area contributed by atoms with Crippen LogP contribution in [-0.2, 0) is 9.59 Å². The minimum atomic E-state index is -0.509. The molecule has 0 radical (unpaired) electrons. The second-order valence-corrected chi connectivity index (χ2v) is 5.54. The Balaban J connectivity index is 1.73. The van der Waals surface area contributed by atoms with Crippen LogP contribution in [0.25, 0.3) is 0 Å². The molecule has 2 amide bonds. The smallest absolute Gasteiger partial charge is 0.277 e. The number of β-amino-alcohol motifs (C(OH)–C–C–N with tert-alkyl or cyclic N) is 1. The fourth-order valence-corrected chi connectivity index (χ4v) is 2.48. The predicted octanol–water partition coefficient (Wildman–Crippen LogP) is 2.18. The summed E-state index contributed by atoms with van der Waals surface area (Å²) in [5.74, 6) is 0.0893. The van der Waals surface area contributed by atoms with Crippen molar-refractivity contribution in [1.82, 2.24) is 9.88 Å². The molecule has 8 heteroatoms. The molecule has 2 N–H and O–H groups in total. The van der Waals surface area contributed by atoms with Crippen molar-refractivity contribution in [1.29, 1.82) is 0 Å². The number of imide groups is 1. The largest absolute Gasteiger partial charge is 0.456 e. The molecule has 3 rings (SSSR count). The summed E-state index contributed by atoms with van der Waals surface area (Å²) in [5.41, 5.74) is 0.555. The Bertz CT molecular complexity index is 839. The molecular weight excluding hydrogens is 346 g/mol. The number of hydrogen-bond acceptors (Lipinski definition) is 6. The van der Waals surface area contributed by atoms with Gasteiger partial charge in [0.15, 0.2) is 0 Å². The fourth-order valence-electron chi connectivity index (χ4n) is 2.26. The number of rotatable bonds is 6. The second kappa shape index (κ2) is 7.33. The monoisotopic (exact) mass is 359 g/mol. The molecule has 7 nitrogen and oxygen atoms in total. The zero-order chi connectivity index (χ0) is 17.8. The second-order valence-electron chi connectivity index (χ2n) is 5.13. The number of nitrogens with one attached hydrogen (secondary N) is 1. The van der Waals surface area contributed by atoms with Gasteiger partial charge in [0.1, 0.15) is 17.2 Å². The molecule has 1 aromatic heterocycles. The van der Waals surface area contributed by atoms with Crippen LogP contribution in [0, 0.1) is 0 Å². The lowest BCUT2D eigenvalue weighted by Crippen LogP contribution is -2.34. The number of nitrogens with zero attached hydrogens (tertiary/aromatic N) is 2. The van der Waals surface area contributed by atoms with Gasteiger partial charge in [-0.3, -0.25) is 19.5 Å². The lowest BCUT2D eigenvalue weighted by atomic mass is 10.2. The van der Waals surface area contributed by atoms with Gasteiger partial charge in [-0.15, -0.1) is 0 Å². The van der Waals surface area contributed by atoms with Crippen molar-refractivity contribution in [3.05, 3.63) is 59.5 Å². The van der Waals surface area contributed by atoms with E-state index in [1.165, 1.54) is 6.08 Å². The van der Waals surface area contributed by atoms with Gasteiger partial charge in [-0.1, -0.05) is 11.6 Å². The Labute approximate surface area is 148 Å². The highest BCUT2D eigenvalue weighted by atomic mass is 35.5. The van der Waals surface area contributed by atoms with Gasteiger partial charge < -0.3 is 15.2 Å². The Kier molecular flexibility index (Phi) is 4.97. The standard InChI is InChI=1S/C17H14ClN3O4/c18-13-8-11(25-12-2-1-5-19-10-12)3-4-14(13)20-15-9-16(23)21(6-7-22)17(15)24/h1-5,8-10,20,22H,6-7H2. The highest BCUT2D eigenvalue weighted by Gasteiger charge is 2.30. The third-order valence-corrected chi connectivity index (χ3v) is 3.73. The maximum atomic E-state index is 12.1. The normalized spacial score (nSPS) is 13.8. The van der Waals surface area contributed by atoms with E-state index >= 15 is 0 Å². The van der Waals surface area contributed by atoms with Gasteiger partial charge in [0, 0.05) is 18.3 Å². The molecule has 0 unspecified atom stereocenters. The number of aromatic nitrogens is 1. The number of aliphatic hydroxyl groups excluding tert-OH is 1. The molecule has 128 valence electrons. The van der Waals surface area contributed by atoms with E-state index in [0.29, 0.717) is 22.2 Å². The predicted molar refractivity (Wildman–Crippen MR) is 91.3 cm³/mol. The van der Waals surface area contributed by atoms with Crippen LogP contribution in [0.15, 0.2) is 54.5 Å². The van der Waals surface area contributed by atoms with E-state index in [1.54, 1.807) is 42.7 Å². The van der Waals surface area contributed by atoms with E-state index in [2.05, 4.69) is 10.3 Å². The van der Waals surface area contributed by atoms with E-state index < -0.39 is 11.8 Å². The van der Waals surface area contributed by atoms with Crippen molar-refractivity contribution in [3.8, 4) is 11.5 Å². The minimum Gasteiger partial charge on any atom is -0.456 e. The number of benzene rings is 1. The summed E-state index contributed by atoms with van der Waals surface area (Å²) in [7, 11) is 0. The van der Waals surface area contributed by atoms with Gasteiger partial charge in [0.25, 0.3) is 11.8 Å². The fraction of sp³-hybridized carbons (Fsp3) is 0.118. The van der Waals surface area contributed by atoms with Gasteiger partial charge in [0.2, 0.25) is 0 Å². The number of hydrogen-bond donors (Lipinski definition) is 2.